The summed E-state index contributed by atoms with van der Waals surface area (Å²) in [6.45, 7) is 13.2. The van der Waals surface area contributed by atoms with Crippen molar-refractivity contribution in [3.63, 3.8) is 0 Å². The van der Waals surface area contributed by atoms with E-state index in [0.29, 0.717) is 23.3 Å². The minimum atomic E-state index is -0.899. The topological polar surface area (TPSA) is 84.9 Å². The van der Waals surface area contributed by atoms with Gasteiger partial charge in [0.05, 0.1) is 18.8 Å². The van der Waals surface area contributed by atoms with Gasteiger partial charge in [0.15, 0.2) is 5.78 Å². The third kappa shape index (κ3) is 4.74. The van der Waals surface area contributed by atoms with Gasteiger partial charge in [-0.3, -0.25) is 9.59 Å². The zero-order chi connectivity index (χ0) is 25.2. The Hall–Kier alpha value is -3.09. The van der Waals surface area contributed by atoms with Crippen molar-refractivity contribution in [1.82, 2.24) is 5.32 Å². The molecule has 1 aromatic carbocycles. The van der Waals surface area contributed by atoms with Crippen LogP contribution in [0.2, 0.25) is 0 Å². The highest BCUT2D eigenvalue weighted by Gasteiger charge is 2.47. The molecule has 1 aliphatic heterocycles. The van der Waals surface area contributed by atoms with Crippen molar-refractivity contribution < 1.29 is 23.9 Å². The molecule has 0 radical (unpaired) electrons. The number of carbonyl (C=O) groups excluding carboxylic acids is 3. The number of hydrogen-bond donors (Lipinski definition) is 1. The molecule has 0 saturated carbocycles. The van der Waals surface area contributed by atoms with Crippen LogP contribution in [0.4, 0.5) is 5.69 Å². The van der Waals surface area contributed by atoms with Gasteiger partial charge in [0.25, 0.3) is 0 Å². The van der Waals surface area contributed by atoms with Crippen molar-refractivity contribution in [2.24, 2.45) is 11.8 Å². The van der Waals surface area contributed by atoms with E-state index in [0.717, 1.165) is 30.0 Å². The monoisotopic (exact) mass is 468 g/mol. The lowest BCUT2D eigenvalue weighted by atomic mass is 9.69. The molecule has 1 aliphatic carbocycles. The SMILES string of the molecule is CCN(CC)c1ccc([C@H]2C(C(=O)OC(C)C)=C(C)NC3=C2C(=O)[C@@H](C(=O)OC)[C@H](C)C3)cc1. The number of nitrogens with zero attached hydrogens (tertiary/aromatic N) is 1. The number of ether oxygens (including phenoxy) is 2. The van der Waals surface area contributed by atoms with Gasteiger partial charge < -0.3 is 19.7 Å². The highest BCUT2D eigenvalue weighted by molar-refractivity contribution is 6.12. The van der Waals surface area contributed by atoms with Crippen LogP contribution in [-0.2, 0) is 23.9 Å². The molecular weight excluding hydrogens is 432 g/mol. The van der Waals surface area contributed by atoms with Crippen LogP contribution >= 0.6 is 0 Å². The van der Waals surface area contributed by atoms with Crippen LogP contribution in [0.15, 0.2) is 46.8 Å². The van der Waals surface area contributed by atoms with Crippen LogP contribution in [0, 0.1) is 11.8 Å². The third-order valence-corrected chi connectivity index (χ3v) is 6.66. The fourth-order valence-corrected chi connectivity index (χ4v) is 5.03. The third-order valence-electron chi connectivity index (χ3n) is 6.66. The molecule has 0 spiro atoms. The molecule has 0 saturated heterocycles. The molecule has 3 rings (SSSR count). The molecule has 0 bridgehead atoms. The Morgan fingerprint density at radius 3 is 2.29 bits per heavy atom. The van der Waals surface area contributed by atoms with Crippen LogP contribution in [-0.4, -0.2) is 44.0 Å². The van der Waals surface area contributed by atoms with Gasteiger partial charge in [-0.25, -0.2) is 4.79 Å². The smallest absolute Gasteiger partial charge is 0.337 e. The van der Waals surface area contributed by atoms with Crippen LogP contribution in [0.5, 0.6) is 0 Å². The minimum Gasteiger partial charge on any atom is -0.468 e. The molecular formula is C27H36N2O5. The maximum absolute atomic E-state index is 13.7. The second kappa shape index (κ2) is 10.5. The van der Waals surface area contributed by atoms with Gasteiger partial charge in [0, 0.05) is 41.7 Å². The van der Waals surface area contributed by atoms with Gasteiger partial charge in [-0.2, -0.15) is 0 Å². The highest BCUT2D eigenvalue weighted by atomic mass is 16.5. The van der Waals surface area contributed by atoms with Crippen LogP contribution < -0.4 is 10.2 Å². The van der Waals surface area contributed by atoms with Crippen molar-refractivity contribution in [1.29, 1.82) is 0 Å². The summed E-state index contributed by atoms with van der Waals surface area (Å²) in [6.07, 6.45) is 0.206. The van der Waals surface area contributed by atoms with Crippen LogP contribution in [0.1, 0.15) is 59.4 Å². The molecule has 34 heavy (non-hydrogen) atoms. The maximum atomic E-state index is 13.7. The van der Waals surface area contributed by atoms with Crippen molar-refractivity contribution in [2.45, 2.75) is 60.0 Å². The summed E-state index contributed by atoms with van der Waals surface area (Å²) in [7, 11) is 1.30. The molecule has 0 unspecified atom stereocenters. The zero-order valence-electron chi connectivity index (χ0n) is 21.2. The number of ketones is 1. The summed E-state index contributed by atoms with van der Waals surface area (Å²) in [5, 5.41) is 3.29. The molecule has 7 heteroatoms. The molecule has 1 N–H and O–H groups in total. The second-order valence-corrected chi connectivity index (χ2v) is 9.25. The van der Waals surface area contributed by atoms with Crippen molar-refractivity contribution in [3.05, 3.63) is 52.4 Å². The van der Waals surface area contributed by atoms with Gasteiger partial charge in [-0.1, -0.05) is 19.1 Å². The number of hydrogen-bond acceptors (Lipinski definition) is 7. The number of nitrogens with one attached hydrogen (secondary N) is 1. The van der Waals surface area contributed by atoms with Crippen LogP contribution in [0.25, 0.3) is 0 Å². The number of Topliss-reactive ketones (excluding diaryl/α,β-unsaturated/α-hetero) is 1. The number of benzene rings is 1. The predicted octanol–water partition coefficient (Wildman–Crippen LogP) is 4.10. The quantitative estimate of drug-likeness (QED) is 0.476. The van der Waals surface area contributed by atoms with E-state index in [9.17, 15) is 14.4 Å². The van der Waals surface area contributed by atoms with Gasteiger partial charge >= 0.3 is 11.9 Å². The Morgan fingerprint density at radius 1 is 1.15 bits per heavy atom. The average molecular weight is 469 g/mol. The van der Waals surface area contributed by atoms with E-state index in [4.69, 9.17) is 9.47 Å². The zero-order valence-corrected chi connectivity index (χ0v) is 21.2. The summed E-state index contributed by atoms with van der Waals surface area (Å²) in [5.41, 5.74) is 4.15. The van der Waals surface area contributed by atoms with E-state index in [-0.39, 0.29) is 17.8 Å². The number of esters is 2. The summed E-state index contributed by atoms with van der Waals surface area (Å²) in [4.78, 5) is 41.7. The largest absolute Gasteiger partial charge is 0.468 e. The highest BCUT2D eigenvalue weighted by Crippen LogP contribution is 2.45. The Labute approximate surface area is 202 Å². The number of anilines is 1. The average Bonchev–Trinajstić information content (AvgIpc) is 2.78. The molecule has 7 nitrogen and oxygen atoms in total. The van der Waals surface area contributed by atoms with Crippen molar-refractivity contribution >= 4 is 23.4 Å². The van der Waals surface area contributed by atoms with Crippen molar-refractivity contribution in [2.75, 3.05) is 25.1 Å². The lowest BCUT2D eigenvalue weighted by molar-refractivity contribution is -0.151. The van der Waals surface area contributed by atoms with E-state index >= 15 is 0 Å². The Bertz CT molecular complexity index is 1020. The van der Waals surface area contributed by atoms with Gasteiger partial charge in [0.1, 0.15) is 5.92 Å². The first-order valence-corrected chi connectivity index (χ1v) is 12.0. The van der Waals surface area contributed by atoms with E-state index in [1.807, 2.05) is 38.1 Å². The van der Waals surface area contributed by atoms with Crippen LogP contribution in [0.3, 0.4) is 0 Å². The maximum Gasteiger partial charge on any atom is 0.337 e. The summed E-state index contributed by atoms with van der Waals surface area (Å²) >= 11 is 0. The first-order valence-electron chi connectivity index (χ1n) is 12.0. The molecule has 0 fully saturated rings. The standard InChI is InChI=1S/C27H36N2O5/c1-8-29(9-2)19-12-10-18(11-13-19)23-22(27(32)34-15(3)4)17(6)28-20-14-16(5)21(26(31)33-7)25(30)24(20)23/h10-13,15-16,21,23,28H,8-9,14H2,1-7H3/t16-,21+,23+/m1/s1. The Balaban J connectivity index is 2.15. The second-order valence-electron chi connectivity index (χ2n) is 9.25. The Kier molecular flexibility index (Phi) is 7.85. The predicted molar refractivity (Wildman–Crippen MR) is 131 cm³/mol. The summed E-state index contributed by atoms with van der Waals surface area (Å²) < 4.78 is 10.5. The van der Waals surface area contributed by atoms with Gasteiger partial charge in [0.2, 0.25) is 0 Å². The van der Waals surface area contributed by atoms with E-state index in [1.54, 1.807) is 13.8 Å². The number of dihydropyridines is 1. The number of carbonyl (C=O) groups is 3. The molecule has 2 aliphatic rings. The molecule has 0 amide bonds. The Morgan fingerprint density at radius 2 is 1.76 bits per heavy atom. The number of allylic oxidation sites excluding steroid dienone is 3. The molecule has 1 heterocycles. The lowest BCUT2D eigenvalue weighted by Crippen LogP contribution is -2.43. The molecule has 0 aromatic heterocycles. The fourth-order valence-electron chi connectivity index (χ4n) is 5.03. The van der Waals surface area contributed by atoms with E-state index in [1.165, 1.54) is 7.11 Å². The molecule has 1 aromatic rings. The van der Waals surface area contributed by atoms with Gasteiger partial charge in [-0.15, -0.1) is 0 Å². The lowest BCUT2D eigenvalue weighted by Gasteiger charge is -2.38. The number of rotatable bonds is 7. The first kappa shape index (κ1) is 25.5. The minimum absolute atomic E-state index is 0.214. The first-order chi connectivity index (χ1) is 16.1. The van der Waals surface area contributed by atoms with Gasteiger partial charge in [-0.05, 0) is 64.7 Å². The fraction of sp³-hybridized carbons (Fsp3) is 0.519. The van der Waals surface area contributed by atoms with E-state index in [2.05, 4.69) is 24.1 Å². The molecule has 184 valence electrons. The van der Waals surface area contributed by atoms with E-state index < -0.39 is 23.8 Å². The molecule has 3 atom stereocenters. The normalized spacial score (nSPS) is 22.4. The number of methoxy groups -OCH3 is 1. The summed E-state index contributed by atoms with van der Waals surface area (Å²) in [6, 6.07) is 7.95. The summed E-state index contributed by atoms with van der Waals surface area (Å²) in [5.74, 6) is -3.05. The van der Waals surface area contributed by atoms with Crippen molar-refractivity contribution in [3.8, 4) is 0 Å².